The summed E-state index contributed by atoms with van der Waals surface area (Å²) in [7, 11) is 0. The maximum absolute atomic E-state index is 8.78. The Hall–Kier alpha value is -0.770. The van der Waals surface area contributed by atoms with E-state index < -0.39 is 6.04 Å². The lowest BCUT2D eigenvalue weighted by Crippen LogP contribution is -2.15. The molecule has 0 aliphatic rings. The number of nitrogen functional groups attached to an aromatic ring is 1. The maximum Gasteiger partial charge on any atom is 0.0624 e. The summed E-state index contributed by atoms with van der Waals surface area (Å²) in [6.45, 7) is -0.136. The molecular weight excluding hydrogens is 176 g/mol. The van der Waals surface area contributed by atoms with E-state index in [0.29, 0.717) is 16.3 Å². The summed E-state index contributed by atoms with van der Waals surface area (Å²) in [4.78, 5) is 0. The SMILES string of the molecule is Nc1ccc(Cl)c(C(N)CO)c1. The Labute approximate surface area is 75.9 Å². The van der Waals surface area contributed by atoms with Gasteiger partial charge in [-0.2, -0.15) is 0 Å². The van der Waals surface area contributed by atoms with E-state index in [9.17, 15) is 0 Å². The van der Waals surface area contributed by atoms with Crippen molar-refractivity contribution in [2.75, 3.05) is 12.3 Å². The Morgan fingerprint density at radius 3 is 2.75 bits per heavy atom. The number of nitrogens with two attached hydrogens (primary N) is 2. The smallest absolute Gasteiger partial charge is 0.0624 e. The first-order chi connectivity index (χ1) is 5.65. The molecule has 4 heteroatoms. The highest BCUT2D eigenvalue weighted by Crippen LogP contribution is 2.23. The first kappa shape index (κ1) is 9.32. The molecule has 1 rings (SSSR count). The standard InChI is InChI=1S/C8H11ClN2O/c9-7-2-1-5(10)3-6(7)8(11)4-12/h1-3,8,12H,4,10-11H2. The molecule has 0 radical (unpaired) electrons. The van der Waals surface area contributed by atoms with Gasteiger partial charge >= 0.3 is 0 Å². The van der Waals surface area contributed by atoms with Crippen molar-refractivity contribution in [1.29, 1.82) is 0 Å². The van der Waals surface area contributed by atoms with Crippen molar-refractivity contribution in [2.45, 2.75) is 6.04 Å². The number of aliphatic hydroxyl groups is 1. The number of hydrogen-bond acceptors (Lipinski definition) is 3. The molecule has 1 unspecified atom stereocenters. The zero-order valence-electron chi connectivity index (χ0n) is 6.50. The molecule has 5 N–H and O–H groups in total. The molecule has 3 nitrogen and oxygen atoms in total. The Bertz CT molecular complexity index is 278. The van der Waals surface area contributed by atoms with Gasteiger partial charge in [0.05, 0.1) is 12.6 Å². The van der Waals surface area contributed by atoms with Gasteiger partial charge in [-0.3, -0.25) is 0 Å². The largest absolute Gasteiger partial charge is 0.399 e. The van der Waals surface area contributed by atoms with E-state index >= 15 is 0 Å². The maximum atomic E-state index is 8.78. The van der Waals surface area contributed by atoms with Crippen LogP contribution in [0.3, 0.4) is 0 Å². The fourth-order valence-corrected chi connectivity index (χ4v) is 1.20. The van der Waals surface area contributed by atoms with E-state index in [4.69, 9.17) is 28.2 Å². The van der Waals surface area contributed by atoms with Crippen molar-refractivity contribution in [3.05, 3.63) is 28.8 Å². The molecule has 0 aromatic heterocycles. The van der Waals surface area contributed by atoms with Crippen LogP contribution >= 0.6 is 11.6 Å². The number of aliphatic hydroxyl groups excluding tert-OH is 1. The van der Waals surface area contributed by atoms with E-state index in [1.165, 1.54) is 0 Å². The van der Waals surface area contributed by atoms with Crippen molar-refractivity contribution in [2.24, 2.45) is 5.73 Å². The Morgan fingerprint density at radius 2 is 2.17 bits per heavy atom. The van der Waals surface area contributed by atoms with E-state index in [2.05, 4.69) is 0 Å². The molecule has 0 heterocycles. The third kappa shape index (κ3) is 1.88. The minimum Gasteiger partial charge on any atom is -0.399 e. The van der Waals surface area contributed by atoms with Gasteiger partial charge in [0.25, 0.3) is 0 Å². The van der Waals surface area contributed by atoms with Gasteiger partial charge in [0.2, 0.25) is 0 Å². The van der Waals surface area contributed by atoms with Crippen molar-refractivity contribution < 1.29 is 5.11 Å². The molecular formula is C8H11ClN2O. The monoisotopic (exact) mass is 186 g/mol. The highest BCUT2D eigenvalue weighted by atomic mass is 35.5. The third-order valence-electron chi connectivity index (χ3n) is 1.62. The van der Waals surface area contributed by atoms with E-state index in [-0.39, 0.29) is 6.61 Å². The number of rotatable bonds is 2. The minimum absolute atomic E-state index is 0.136. The first-order valence-corrected chi connectivity index (χ1v) is 3.94. The minimum atomic E-state index is -0.457. The molecule has 0 bridgehead atoms. The second kappa shape index (κ2) is 3.76. The van der Waals surface area contributed by atoms with Gasteiger partial charge in [-0.15, -0.1) is 0 Å². The molecule has 0 aliphatic carbocycles. The Morgan fingerprint density at radius 1 is 1.50 bits per heavy atom. The average Bonchev–Trinajstić information content (AvgIpc) is 2.08. The summed E-state index contributed by atoms with van der Waals surface area (Å²) in [5.41, 5.74) is 12.4. The van der Waals surface area contributed by atoms with E-state index in [1.54, 1.807) is 18.2 Å². The van der Waals surface area contributed by atoms with Crippen LogP contribution in [0.4, 0.5) is 5.69 Å². The first-order valence-electron chi connectivity index (χ1n) is 3.56. The quantitative estimate of drug-likeness (QED) is 0.602. The van der Waals surface area contributed by atoms with Gasteiger partial charge in [-0.05, 0) is 23.8 Å². The summed E-state index contributed by atoms with van der Waals surface area (Å²) in [5.74, 6) is 0. The lowest BCUT2D eigenvalue weighted by Gasteiger charge is -2.10. The molecule has 66 valence electrons. The topological polar surface area (TPSA) is 72.3 Å². The van der Waals surface area contributed by atoms with Gasteiger partial charge in [0.1, 0.15) is 0 Å². The number of hydrogen-bond donors (Lipinski definition) is 3. The van der Waals surface area contributed by atoms with Crippen molar-refractivity contribution in [3.8, 4) is 0 Å². The second-order valence-electron chi connectivity index (χ2n) is 2.57. The molecule has 0 spiro atoms. The van der Waals surface area contributed by atoms with Crippen LogP contribution < -0.4 is 11.5 Å². The predicted octanol–water partition coefficient (Wildman–Crippen LogP) is 0.914. The zero-order valence-corrected chi connectivity index (χ0v) is 7.25. The fraction of sp³-hybridized carbons (Fsp3) is 0.250. The number of anilines is 1. The van der Waals surface area contributed by atoms with Gasteiger partial charge in [-0.25, -0.2) is 0 Å². The summed E-state index contributed by atoms with van der Waals surface area (Å²) in [6, 6.07) is 4.57. The molecule has 0 saturated heterocycles. The van der Waals surface area contributed by atoms with E-state index in [1.807, 2.05) is 0 Å². The highest BCUT2D eigenvalue weighted by molar-refractivity contribution is 6.31. The second-order valence-corrected chi connectivity index (χ2v) is 2.98. The lowest BCUT2D eigenvalue weighted by atomic mass is 10.1. The van der Waals surface area contributed by atoms with Crippen molar-refractivity contribution >= 4 is 17.3 Å². The summed E-state index contributed by atoms with van der Waals surface area (Å²) in [5, 5.41) is 9.31. The van der Waals surface area contributed by atoms with Gasteiger partial charge < -0.3 is 16.6 Å². The zero-order chi connectivity index (χ0) is 9.14. The molecule has 1 aromatic rings. The van der Waals surface area contributed by atoms with Crippen LogP contribution in [-0.4, -0.2) is 11.7 Å². The predicted molar refractivity (Wildman–Crippen MR) is 49.9 cm³/mol. The van der Waals surface area contributed by atoms with Crippen LogP contribution in [0.2, 0.25) is 5.02 Å². The van der Waals surface area contributed by atoms with Gasteiger partial charge in [0.15, 0.2) is 0 Å². The number of halogens is 1. The third-order valence-corrected chi connectivity index (χ3v) is 1.96. The highest BCUT2D eigenvalue weighted by Gasteiger charge is 2.08. The fourth-order valence-electron chi connectivity index (χ4n) is 0.945. The molecule has 0 fully saturated rings. The van der Waals surface area contributed by atoms with Crippen LogP contribution in [0.25, 0.3) is 0 Å². The molecule has 0 saturated carbocycles. The summed E-state index contributed by atoms with van der Waals surface area (Å²) < 4.78 is 0. The lowest BCUT2D eigenvalue weighted by molar-refractivity contribution is 0.268. The Balaban J connectivity index is 3.04. The van der Waals surface area contributed by atoms with Crippen LogP contribution in [0.5, 0.6) is 0 Å². The van der Waals surface area contributed by atoms with Crippen molar-refractivity contribution in [3.63, 3.8) is 0 Å². The normalized spacial score (nSPS) is 12.9. The van der Waals surface area contributed by atoms with Crippen LogP contribution in [0.1, 0.15) is 11.6 Å². The van der Waals surface area contributed by atoms with Crippen LogP contribution in [0.15, 0.2) is 18.2 Å². The van der Waals surface area contributed by atoms with Gasteiger partial charge in [-0.1, -0.05) is 11.6 Å². The molecule has 0 amide bonds. The van der Waals surface area contributed by atoms with Crippen molar-refractivity contribution in [1.82, 2.24) is 0 Å². The summed E-state index contributed by atoms with van der Waals surface area (Å²) >= 11 is 5.82. The Kier molecular flexibility index (Phi) is 2.92. The summed E-state index contributed by atoms with van der Waals surface area (Å²) in [6.07, 6.45) is 0. The average molecular weight is 187 g/mol. The molecule has 1 atom stereocenters. The van der Waals surface area contributed by atoms with E-state index in [0.717, 1.165) is 0 Å². The van der Waals surface area contributed by atoms with Crippen LogP contribution in [0, 0.1) is 0 Å². The van der Waals surface area contributed by atoms with Gasteiger partial charge in [0, 0.05) is 10.7 Å². The van der Waals surface area contributed by atoms with Crippen LogP contribution in [-0.2, 0) is 0 Å². The molecule has 12 heavy (non-hydrogen) atoms. The molecule has 0 aliphatic heterocycles. The molecule has 1 aromatic carbocycles. The number of benzene rings is 1.